The van der Waals surface area contributed by atoms with E-state index in [1.165, 1.54) is 6.08 Å². The molecule has 1 nitrogen and oxygen atoms in total. The van der Waals surface area contributed by atoms with E-state index in [1.807, 2.05) is 0 Å². The van der Waals surface area contributed by atoms with E-state index < -0.39 is 12.1 Å². The summed E-state index contributed by atoms with van der Waals surface area (Å²) in [6.45, 7) is 0. The van der Waals surface area contributed by atoms with Crippen LogP contribution in [0.2, 0.25) is 20.1 Å². The summed E-state index contributed by atoms with van der Waals surface area (Å²) in [4.78, 5) is 11.8. The molecule has 0 aromatic heterocycles. The predicted octanol–water partition coefficient (Wildman–Crippen LogP) is 8.57. The van der Waals surface area contributed by atoms with Crippen LogP contribution >= 0.6 is 46.4 Å². The predicted molar refractivity (Wildman–Crippen MR) is 117 cm³/mol. The van der Waals surface area contributed by atoms with Crippen molar-refractivity contribution in [1.82, 2.24) is 0 Å². The fraction of sp³-hybridized carbons (Fsp3) is 0.318. The van der Waals surface area contributed by atoms with Gasteiger partial charge in [-0.25, -0.2) is 0 Å². The van der Waals surface area contributed by atoms with Crippen molar-refractivity contribution in [3.8, 4) is 0 Å². The van der Waals surface area contributed by atoms with Crippen molar-refractivity contribution in [2.45, 2.75) is 37.8 Å². The summed E-state index contributed by atoms with van der Waals surface area (Å²) >= 11 is 23.9. The number of allylic oxidation sites excluding steroid dienone is 1. The van der Waals surface area contributed by atoms with E-state index in [0.29, 0.717) is 23.4 Å². The van der Waals surface area contributed by atoms with E-state index in [4.69, 9.17) is 46.4 Å². The maximum atomic E-state index is 13.6. The number of ketones is 1. The molecule has 8 heteroatoms. The van der Waals surface area contributed by atoms with Crippen molar-refractivity contribution in [2.24, 2.45) is 5.92 Å². The van der Waals surface area contributed by atoms with Gasteiger partial charge in [0.05, 0.1) is 21.0 Å². The topological polar surface area (TPSA) is 17.1 Å². The van der Waals surface area contributed by atoms with Crippen LogP contribution < -0.4 is 0 Å². The number of hydrogen-bond acceptors (Lipinski definition) is 1. The summed E-state index contributed by atoms with van der Waals surface area (Å²) in [5.41, 5.74) is 1.20. The Morgan fingerprint density at radius 2 is 1.67 bits per heavy atom. The fourth-order valence-electron chi connectivity index (χ4n) is 3.11. The average molecular weight is 496 g/mol. The summed E-state index contributed by atoms with van der Waals surface area (Å²) in [5, 5.41) is 0.335. The first-order valence-corrected chi connectivity index (χ1v) is 10.8. The van der Waals surface area contributed by atoms with E-state index in [0.717, 1.165) is 36.6 Å². The Hall–Kier alpha value is -1.20. The van der Waals surface area contributed by atoms with Crippen molar-refractivity contribution < 1.29 is 18.0 Å². The van der Waals surface area contributed by atoms with E-state index in [-0.39, 0.29) is 32.3 Å². The van der Waals surface area contributed by atoms with Gasteiger partial charge in [-0.3, -0.25) is 4.79 Å². The molecule has 3 rings (SSSR count). The third kappa shape index (κ3) is 5.94. The molecule has 0 bridgehead atoms. The molecular formula is C22H17Cl4F3O. The molecule has 1 aliphatic carbocycles. The highest BCUT2D eigenvalue weighted by atomic mass is 35.5. The minimum absolute atomic E-state index is 0.00882. The Morgan fingerprint density at radius 1 is 1.03 bits per heavy atom. The monoisotopic (exact) mass is 494 g/mol. The molecule has 2 aromatic carbocycles. The number of carbonyl (C=O) groups is 1. The van der Waals surface area contributed by atoms with Gasteiger partial charge in [-0.1, -0.05) is 70.7 Å². The van der Waals surface area contributed by atoms with Crippen LogP contribution in [0.4, 0.5) is 13.2 Å². The molecule has 1 atom stereocenters. The van der Waals surface area contributed by atoms with Crippen LogP contribution in [0.25, 0.3) is 6.08 Å². The molecule has 160 valence electrons. The molecule has 0 spiro atoms. The lowest BCUT2D eigenvalue weighted by Gasteiger charge is -2.18. The van der Waals surface area contributed by atoms with Crippen LogP contribution in [0.15, 0.2) is 36.4 Å². The molecule has 1 saturated carbocycles. The molecule has 1 unspecified atom stereocenters. The third-order valence-electron chi connectivity index (χ3n) is 4.95. The lowest BCUT2D eigenvalue weighted by atomic mass is 9.96. The summed E-state index contributed by atoms with van der Waals surface area (Å²) in [5.74, 6) is -1.48. The van der Waals surface area contributed by atoms with Gasteiger partial charge in [0.15, 0.2) is 0 Å². The van der Waals surface area contributed by atoms with Gasteiger partial charge in [-0.2, -0.15) is 13.2 Å². The van der Waals surface area contributed by atoms with Gasteiger partial charge >= 0.3 is 6.18 Å². The number of hydrogen-bond donors (Lipinski definition) is 0. The Balaban J connectivity index is 1.78. The lowest BCUT2D eigenvalue weighted by Crippen LogP contribution is -2.19. The summed E-state index contributed by atoms with van der Waals surface area (Å²) < 4.78 is 40.9. The third-order valence-corrected chi connectivity index (χ3v) is 6.50. The number of Topliss-reactive ketones (excluding diaryl/α,β-unsaturated/α-hetero) is 1. The number of alkyl halides is 3. The van der Waals surface area contributed by atoms with Crippen molar-refractivity contribution in [3.05, 3.63) is 73.2 Å². The molecule has 30 heavy (non-hydrogen) atoms. The SMILES string of the molecule is O=C(CCc1ccc(/C=C/C(c2cc(Cl)c(Cl)c(Cl)c2)C(F)(F)F)cc1Cl)C1CC1. The quantitative estimate of drug-likeness (QED) is 0.351. The van der Waals surface area contributed by atoms with Crippen molar-refractivity contribution >= 4 is 58.3 Å². The molecule has 0 aliphatic heterocycles. The molecule has 0 heterocycles. The fourth-order valence-corrected chi connectivity index (χ4v) is 4.01. The van der Waals surface area contributed by atoms with Crippen LogP contribution in [0.5, 0.6) is 0 Å². The Labute approximate surface area is 192 Å². The van der Waals surface area contributed by atoms with E-state index in [9.17, 15) is 18.0 Å². The zero-order valence-electron chi connectivity index (χ0n) is 15.6. The van der Waals surface area contributed by atoms with E-state index in [1.54, 1.807) is 18.2 Å². The van der Waals surface area contributed by atoms with Crippen LogP contribution in [0.3, 0.4) is 0 Å². The summed E-state index contributed by atoms with van der Waals surface area (Å²) in [6, 6.07) is 7.32. The number of benzene rings is 2. The molecule has 1 aliphatic rings. The second-order valence-electron chi connectivity index (χ2n) is 7.27. The van der Waals surface area contributed by atoms with Crippen molar-refractivity contribution in [2.75, 3.05) is 0 Å². The first kappa shape index (κ1) is 23.5. The second kappa shape index (κ2) is 9.52. The van der Waals surface area contributed by atoms with Crippen LogP contribution in [-0.4, -0.2) is 12.0 Å². The Morgan fingerprint density at radius 3 is 2.20 bits per heavy atom. The number of rotatable bonds is 7. The highest BCUT2D eigenvalue weighted by molar-refractivity contribution is 6.48. The van der Waals surface area contributed by atoms with Gasteiger partial charge in [0.2, 0.25) is 0 Å². The maximum Gasteiger partial charge on any atom is 0.399 e. The molecule has 0 saturated heterocycles. The number of aryl methyl sites for hydroxylation is 1. The Bertz CT molecular complexity index is 958. The van der Waals surface area contributed by atoms with Gasteiger partial charge in [-0.05, 0) is 54.2 Å². The van der Waals surface area contributed by atoms with Crippen molar-refractivity contribution in [1.29, 1.82) is 0 Å². The summed E-state index contributed by atoms with van der Waals surface area (Å²) in [7, 11) is 0. The van der Waals surface area contributed by atoms with E-state index in [2.05, 4.69) is 0 Å². The first-order chi connectivity index (χ1) is 14.1. The second-order valence-corrected chi connectivity index (χ2v) is 8.87. The van der Waals surface area contributed by atoms with Crippen molar-refractivity contribution in [3.63, 3.8) is 0 Å². The number of carbonyl (C=O) groups excluding carboxylic acids is 1. The highest BCUT2D eigenvalue weighted by Gasteiger charge is 2.39. The minimum atomic E-state index is -4.55. The highest BCUT2D eigenvalue weighted by Crippen LogP contribution is 2.41. The van der Waals surface area contributed by atoms with Gasteiger partial charge in [0.25, 0.3) is 0 Å². The maximum absolute atomic E-state index is 13.6. The molecule has 0 amide bonds. The minimum Gasteiger partial charge on any atom is -0.299 e. The smallest absolute Gasteiger partial charge is 0.299 e. The largest absolute Gasteiger partial charge is 0.399 e. The molecule has 1 fully saturated rings. The molecular weight excluding hydrogens is 479 g/mol. The van der Waals surface area contributed by atoms with Gasteiger partial charge < -0.3 is 0 Å². The standard InChI is InChI=1S/C22H17Cl4F3O/c23-17-9-12(1-3-13(17)6-8-20(30)14-4-5-14)2-7-16(22(27,28)29)15-10-18(24)21(26)19(25)11-15/h1-3,7,9-11,14,16H,4-6,8H2/b7-2+. The first-order valence-electron chi connectivity index (χ1n) is 9.26. The van der Waals surface area contributed by atoms with E-state index >= 15 is 0 Å². The average Bonchev–Trinajstić information content (AvgIpc) is 3.49. The molecule has 0 N–H and O–H groups in total. The lowest BCUT2D eigenvalue weighted by molar-refractivity contribution is -0.139. The Kier molecular flexibility index (Phi) is 7.44. The normalized spacial score (nSPS) is 15.6. The van der Waals surface area contributed by atoms with Gasteiger partial charge in [-0.15, -0.1) is 0 Å². The zero-order chi connectivity index (χ0) is 22.1. The summed E-state index contributed by atoms with van der Waals surface area (Å²) in [6.07, 6.45) is 0.682. The molecule has 2 aromatic rings. The van der Waals surface area contributed by atoms with Gasteiger partial charge in [0.1, 0.15) is 5.78 Å². The zero-order valence-corrected chi connectivity index (χ0v) is 18.6. The van der Waals surface area contributed by atoms with Crippen LogP contribution in [0, 0.1) is 5.92 Å². The molecule has 0 radical (unpaired) electrons. The van der Waals surface area contributed by atoms with Crippen LogP contribution in [-0.2, 0) is 11.2 Å². The number of halogens is 7. The van der Waals surface area contributed by atoms with Gasteiger partial charge in [0, 0.05) is 17.4 Å². The van der Waals surface area contributed by atoms with Crippen LogP contribution in [0.1, 0.15) is 41.9 Å².